The van der Waals surface area contributed by atoms with Gasteiger partial charge in [-0.15, -0.1) is 0 Å². The van der Waals surface area contributed by atoms with Crippen molar-refractivity contribution < 1.29 is 14.3 Å². The van der Waals surface area contributed by atoms with Crippen LogP contribution in [0.15, 0.2) is 55.2 Å². The van der Waals surface area contributed by atoms with Crippen LogP contribution in [0.2, 0.25) is 0 Å². The lowest BCUT2D eigenvalue weighted by atomic mass is 10.2. The normalized spacial score (nSPS) is 12.3. The zero-order valence-electron chi connectivity index (χ0n) is 18.0. The number of aromatic nitrogens is 2. The number of unbranched alkanes of at least 4 members (excludes halogenated alkanes) is 1. The van der Waals surface area contributed by atoms with Gasteiger partial charge in [0.2, 0.25) is 0 Å². The van der Waals surface area contributed by atoms with Gasteiger partial charge in [-0.2, -0.15) is 9.78 Å². The number of aryl methyl sites for hydroxylation is 1. The number of carbonyl (C=O) groups is 1. The van der Waals surface area contributed by atoms with Crippen molar-refractivity contribution >= 4 is 54.9 Å². The van der Waals surface area contributed by atoms with Gasteiger partial charge < -0.3 is 9.47 Å². The highest BCUT2D eigenvalue weighted by Gasteiger charge is 2.17. The van der Waals surface area contributed by atoms with Gasteiger partial charge in [0.15, 0.2) is 6.10 Å². The van der Waals surface area contributed by atoms with Gasteiger partial charge >= 0.3 is 5.97 Å². The van der Waals surface area contributed by atoms with E-state index < -0.39 is 12.1 Å². The lowest BCUT2D eigenvalue weighted by Gasteiger charge is -2.14. The smallest absolute Gasteiger partial charge is 0.346 e. The molecule has 7 nitrogen and oxygen atoms in total. The number of ether oxygens (including phenoxy) is 2. The van der Waals surface area contributed by atoms with Crippen molar-refractivity contribution in [1.29, 1.82) is 0 Å². The molecule has 168 valence electrons. The fourth-order valence-electron chi connectivity index (χ4n) is 3.06. The van der Waals surface area contributed by atoms with Crippen molar-refractivity contribution in [2.45, 2.75) is 39.2 Å². The van der Waals surface area contributed by atoms with Crippen LogP contribution in [-0.4, -0.2) is 35.1 Å². The number of esters is 1. The molecule has 0 unspecified atom stereocenters. The Morgan fingerprint density at radius 3 is 2.66 bits per heavy atom. The zero-order valence-corrected chi connectivity index (χ0v) is 21.1. The van der Waals surface area contributed by atoms with E-state index in [0.29, 0.717) is 34.5 Å². The third-order valence-electron chi connectivity index (χ3n) is 4.75. The van der Waals surface area contributed by atoms with E-state index in [0.717, 1.165) is 21.8 Å². The van der Waals surface area contributed by atoms with E-state index in [2.05, 4.69) is 48.9 Å². The molecule has 32 heavy (non-hydrogen) atoms. The molecule has 1 aromatic heterocycles. The molecule has 0 amide bonds. The SMILES string of the molecule is CCCCc1nc2ccc(Br)cc2c(=O)n1N=Cc1cc(Br)ccc1O[C@@H](C)C(=O)OC. The van der Waals surface area contributed by atoms with E-state index in [9.17, 15) is 9.59 Å². The lowest BCUT2D eigenvalue weighted by molar-refractivity contribution is -0.147. The second-order valence-electron chi connectivity index (χ2n) is 7.12. The minimum atomic E-state index is -0.796. The first-order valence-electron chi connectivity index (χ1n) is 10.1. The van der Waals surface area contributed by atoms with Crippen LogP contribution in [0.1, 0.15) is 38.1 Å². The van der Waals surface area contributed by atoms with Gasteiger partial charge in [-0.3, -0.25) is 4.79 Å². The fraction of sp³-hybridized carbons (Fsp3) is 0.304. The van der Waals surface area contributed by atoms with Gasteiger partial charge in [0.1, 0.15) is 11.6 Å². The van der Waals surface area contributed by atoms with Crippen molar-refractivity contribution in [3.8, 4) is 5.75 Å². The maximum absolute atomic E-state index is 13.2. The molecule has 0 N–H and O–H groups in total. The standard InChI is InChI=1S/C23H23Br2N3O4/c1-4-5-6-21-27-19-9-7-17(25)12-18(19)22(29)28(21)26-13-15-11-16(24)8-10-20(15)32-14(2)23(30)31-3/h7-14H,4-6H2,1-3H3/t14-/m0/s1. The Labute approximate surface area is 202 Å². The summed E-state index contributed by atoms with van der Waals surface area (Å²) in [7, 11) is 1.31. The third-order valence-corrected chi connectivity index (χ3v) is 5.74. The fourth-order valence-corrected chi connectivity index (χ4v) is 3.80. The largest absolute Gasteiger partial charge is 0.478 e. The summed E-state index contributed by atoms with van der Waals surface area (Å²) in [5.74, 6) is 0.538. The van der Waals surface area contributed by atoms with Crippen molar-refractivity contribution in [3.63, 3.8) is 0 Å². The molecule has 0 aliphatic heterocycles. The molecule has 1 heterocycles. The number of benzene rings is 2. The molecule has 0 aliphatic rings. The van der Waals surface area contributed by atoms with Crippen molar-refractivity contribution in [2.75, 3.05) is 7.11 Å². The number of fused-ring (bicyclic) bond motifs is 1. The van der Waals surface area contributed by atoms with Gasteiger partial charge in [0, 0.05) is 20.9 Å². The van der Waals surface area contributed by atoms with Crippen molar-refractivity contribution in [3.05, 3.63) is 67.1 Å². The molecule has 0 saturated carbocycles. The molecule has 0 radical (unpaired) electrons. The van der Waals surface area contributed by atoms with Crippen LogP contribution in [0.3, 0.4) is 0 Å². The topological polar surface area (TPSA) is 82.8 Å². The van der Waals surface area contributed by atoms with Gasteiger partial charge in [-0.05, 0) is 49.7 Å². The van der Waals surface area contributed by atoms with Gasteiger partial charge in [0.25, 0.3) is 5.56 Å². The summed E-state index contributed by atoms with van der Waals surface area (Å²) in [5, 5.41) is 4.94. The molecule has 0 bridgehead atoms. The molecular formula is C23H23Br2N3O4. The number of carbonyl (C=O) groups excluding carboxylic acids is 1. The summed E-state index contributed by atoms with van der Waals surface area (Å²) in [6.45, 7) is 3.69. The summed E-state index contributed by atoms with van der Waals surface area (Å²) in [5.41, 5.74) is 0.978. The van der Waals surface area contributed by atoms with E-state index >= 15 is 0 Å². The molecule has 3 rings (SSSR count). The maximum atomic E-state index is 13.2. The highest BCUT2D eigenvalue weighted by molar-refractivity contribution is 9.10. The van der Waals surface area contributed by atoms with Gasteiger partial charge in [-0.1, -0.05) is 45.2 Å². The Bertz CT molecular complexity index is 1220. The van der Waals surface area contributed by atoms with Crippen molar-refractivity contribution in [1.82, 2.24) is 9.66 Å². The van der Waals surface area contributed by atoms with Crippen LogP contribution in [0.4, 0.5) is 0 Å². The predicted octanol–water partition coefficient (Wildman–Crippen LogP) is 5.09. The number of hydrogen-bond acceptors (Lipinski definition) is 6. The monoisotopic (exact) mass is 563 g/mol. The van der Waals surface area contributed by atoms with E-state index in [1.807, 2.05) is 12.1 Å². The quantitative estimate of drug-likeness (QED) is 0.281. The van der Waals surface area contributed by atoms with Crippen LogP contribution in [-0.2, 0) is 16.0 Å². The Hall–Kier alpha value is -2.52. The summed E-state index contributed by atoms with van der Waals surface area (Å²) >= 11 is 6.85. The molecular weight excluding hydrogens is 542 g/mol. The van der Waals surface area contributed by atoms with E-state index in [4.69, 9.17) is 9.47 Å². The number of methoxy groups -OCH3 is 1. The van der Waals surface area contributed by atoms with Crippen LogP contribution in [0.25, 0.3) is 10.9 Å². The van der Waals surface area contributed by atoms with E-state index in [1.165, 1.54) is 18.0 Å². The third kappa shape index (κ3) is 5.63. The molecule has 0 saturated heterocycles. The average molecular weight is 565 g/mol. The second-order valence-corrected chi connectivity index (χ2v) is 8.95. The number of halogens is 2. The van der Waals surface area contributed by atoms with Gasteiger partial charge in [-0.25, -0.2) is 9.78 Å². The molecule has 3 aromatic rings. The Kier molecular flexibility index (Phi) is 8.20. The first-order valence-corrected chi connectivity index (χ1v) is 11.7. The minimum absolute atomic E-state index is 0.251. The number of rotatable bonds is 8. The highest BCUT2D eigenvalue weighted by Crippen LogP contribution is 2.23. The summed E-state index contributed by atoms with van der Waals surface area (Å²) in [6, 6.07) is 10.7. The molecule has 1 atom stereocenters. The van der Waals surface area contributed by atoms with Crippen LogP contribution < -0.4 is 10.3 Å². The van der Waals surface area contributed by atoms with Crippen LogP contribution in [0, 0.1) is 0 Å². The first kappa shape index (κ1) is 24.1. The molecule has 2 aromatic carbocycles. The minimum Gasteiger partial charge on any atom is -0.478 e. The average Bonchev–Trinajstić information content (AvgIpc) is 2.78. The van der Waals surface area contributed by atoms with Crippen LogP contribution in [0.5, 0.6) is 5.75 Å². The molecule has 0 aliphatic carbocycles. The lowest BCUT2D eigenvalue weighted by Crippen LogP contribution is -2.25. The van der Waals surface area contributed by atoms with E-state index in [1.54, 1.807) is 31.2 Å². The number of nitrogens with zero attached hydrogens (tertiary/aromatic N) is 3. The van der Waals surface area contributed by atoms with Crippen LogP contribution >= 0.6 is 31.9 Å². The van der Waals surface area contributed by atoms with E-state index in [-0.39, 0.29) is 5.56 Å². The Morgan fingerprint density at radius 1 is 1.22 bits per heavy atom. The van der Waals surface area contributed by atoms with Crippen molar-refractivity contribution in [2.24, 2.45) is 5.10 Å². The summed E-state index contributed by atoms with van der Waals surface area (Å²) in [4.78, 5) is 29.7. The Balaban J connectivity index is 2.07. The predicted molar refractivity (Wildman–Crippen MR) is 132 cm³/mol. The Morgan fingerprint density at radius 2 is 1.94 bits per heavy atom. The summed E-state index contributed by atoms with van der Waals surface area (Å²) < 4.78 is 13.4. The second kappa shape index (κ2) is 10.9. The first-order chi connectivity index (χ1) is 15.3. The zero-order chi connectivity index (χ0) is 23.3. The maximum Gasteiger partial charge on any atom is 0.346 e. The molecule has 0 spiro atoms. The highest BCUT2D eigenvalue weighted by atomic mass is 79.9. The molecule has 9 heteroatoms. The number of hydrogen-bond donors (Lipinski definition) is 0. The molecule has 0 fully saturated rings. The van der Waals surface area contributed by atoms with Gasteiger partial charge in [0.05, 0.1) is 24.2 Å². The summed E-state index contributed by atoms with van der Waals surface area (Å²) in [6.07, 6.45) is 3.21.